The molecule has 0 aromatic heterocycles. The van der Waals surface area contributed by atoms with Crippen LogP contribution in [0.25, 0.3) is 21.5 Å². The van der Waals surface area contributed by atoms with Crippen molar-refractivity contribution in [2.45, 2.75) is 24.7 Å². The average Bonchev–Trinajstić information content (AvgIpc) is 3.55. The molecule has 51 heavy (non-hydrogen) atoms. The number of likely N-dealkylation sites (N-methyl/N-ethyl adjacent to an activating group) is 1. The smallest absolute Gasteiger partial charge is 0.210 e. The van der Waals surface area contributed by atoms with Gasteiger partial charge in [-0.3, -0.25) is 0 Å². The topological polar surface area (TPSA) is 6.25 Å². The molecule has 6 aromatic carbocycles. The maximum absolute atomic E-state index is 2.37. The largest absolute Gasteiger partial charge is 0.347 e. The minimum absolute atomic E-state index is 0.282. The first-order chi connectivity index (χ1) is 24.9. The van der Waals surface area contributed by atoms with Crippen LogP contribution in [0.2, 0.25) is 0 Å². The molecular weight excluding hydrogens is 617 g/mol. The van der Waals surface area contributed by atoms with E-state index in [2.05, 4.69) is 226 Å². The van der Waals surface area contributed by atoms with Gasteiger partial charge in [0.05, 0.1) is 11.0 Å². The zero-order valence-electron chi connectivity index (χ0n) is 29.8. The molecule has 2 aliphatic rings. The molecule has 2 nitrogen and oxygen atoms in total. The van der Waals surface area contributed by atoms with Gasteiger partial charge in [-0.25, -0.2) is 0 Å². The maximum atomic E-state index is 2.37. The Bertz CT molecular complexity index is 2460. The lowest BCUT2D eigenvalue weighted by Gasteiger charge is -2.30. The predicted octanol–water partition coefficient (Wildman–Crippen LogP) is 11.6. The molecule has 6 aromatic rings. The fourth-order valence-electron chi connectivity index (χ4n) is 8.62. The highest BCUT2D eigenvalue weighted by molar-refractivity contribution is 6.10. The minimum atomic E-state index is -0.282. The summed E-state index contributed by atoms with van der Waals surface area (Å²) in [5, 5.41) is 5.16. The number of fused-ring (bicyclic) bond motifs is 6. The van der Waals surface area contributed by atoms with Gasteiger partial charge in [-0.1, -0.05) is 158 Å². The monoisotopic (exact) mass is 659 g/mol. The van der Waals surface area contributed by atoms with Crippen LogP contribution in [0.1, 0.15) is 36.1 Å². The van der Waals surface area contributed by atoms with Gasteiger partial charge in [-0.2, -0.15) is 4.58 Å². The van der Waals surface area contributed by atoms with E-state index in [-0.39, 0.29) is 10.8 Å². The number of anilines is 1. The molecule has 8 rings (SSSR count). The Labute approximate surface area is 302 Å². The van der Waals surface area contributed by atoms with E-state index in [1.54, 1.807) is 0 Å². The zero-order chi connectivity index (χ0) is 35.0. The fourth-order valence-corrected chi connectivity index (χ4v) is 8.62. The van der Waals surface area contributed by atoms with E-state index >= 15 is 0 Å². The van der Waals surface area contributed by atoms with Crippen molar-refractivity contribution in [2.24, 2.45) is 0 Å². The molecule has 0 spiro atoms. The quantitative estimate of drug-likeness (QED) is 0.122. The minimum Gasteiger partial charge on any atom is -0.347 e. The lowest BCUT2D eigenvalue weighted by atomic mass is 9.72. The summed E-state index contributed by atoms with van der Waals surface area (Å²) in [7, 11) is 4.38. The molecule has 0 amide bonds. The molecule has 0 aliphatic carbocycles. The van der Waals surface area contributed by atoms with E-state index < -0.39 is 0 Å². The van der Waals surface area contributed by atoms with Crippen LogP contribution in [0.4, 0.5) is 11.4 Å². The first-order valence-electron chi connectivity index (χ1n) is 17.8. The van der Waals surface area contributed by atoms with Crippen LogP contribution in [-0.2, 0) is 10.8 Å². The van der Waals surface area contributed by atoms with Gasteiger partial charge in [0.15, 0.2) is 5.71 Å². The van der Waals surface area contributed by atoms with Gasteiger partial charge in [0.25, 0.3) is 0 Å². The standard InChI is InChI=1S/C49H43N2/c1-48(38-24-12-10-13-25-38)44(50(3)42-34-32-36-22-18-20-28-40(36)46(42)48)30-16-8-6-5-7-9-17-31-45-49(2,39-26-14-11-15-27-39)47-41-29-21-19-23-37(41)33-35-43(47)51(45)4/h5-35H,1-4H3/q+1. The average molecular weight is 660 g/mol. The van der Waals surface area contributed by atoms with Gasteiger partial charge in [-0.15, -0.1) is 0 Å². The van der Waals surface area contributed by atoms with Crippen molar-refractivity contribution in [3.8, 4) is 0 Å². The maximum Gasteiger partial charge on any atom is 0.210 e. The van der Waals surface area contributed by atoms with E-state index in [0.29, 0.717) is 0 Å². The van der Waals surface area contributed by atoms with Gasteiger partial charge >= 0.3 is 0 Å². The Morgan fingerprint density at radius 2 is 1.02 bits per heavy atom. The highest BCUT2D eigenvalue weighted by Gasteiger charge is 2.49. The van der Waals surface area contributed by atoms with Gasteiger partial charge in [0.1, 0.15) is 12.5 Å². The van der Waals surface area contributed by atoms with E-state index in [9.17, 15) is 0 Å². The molecular formula is C49H43N2+. The summed E-state index contributed by atoms with van der Waals surface area (Å²) in [4.78, 5) is 2.36. The van der Waals surface area contributed by atoms with E-state index in [1.807, 2.05) is 0 Å². The van der Waals surface area contributed by atoms with Crippen LogP contribution in [0, 0.1) is 0 Å². The van der Waals surface area contributed by atoms with Crippen LogP contribution < -0.4 is 4.90 Å². The van der Waals surface area contributed by atoms with Crippen molar-refractivity contribution in [1.82, 2.24) is 0 Å². The first-order valence-corrected chi connectivity index (χ1v) is 17.8. The first kappa shape index (κ1) is 32.2. The molecule has 0 fully saturated rings. The van der Waals surface area contributed by atoms with E-state index in [4.69, 9.17) is 0 Å². The summed E-state index contributed by atoms with van der Waals surface area (Å²) in [5.74, 6) is 0. The van der Waals surface area contributed by atoms with Crippen LogP contribution in [-0.4, -0.2) is 24.4 Å². The number of benzene rings is 6. The fraction of sp³-hybridized carbons (Fsp3) is 0.122. The van der Waals surface area contributed by atoms with Crippen molar-refractivity contribution in [3.05, 3.63) is 216 Å². The number of allylic oxidation sites excluding steroid dienone is 10. The van der Waals surface area contributed by atoms with Crippen LogP contribution in [0.15, 0.2) is 194 Å². The summed E-state index contributed by atoms with van der Waals surface area (Å²) in [5.41, 5.74) is 9.80. The van der Waals surface area contributed by atoms with Crippen molar-refractivity contribution < 1.29 is 4.58 Å². The molecule has 0 radical (unpaired) electrons. The number of nitrogens with zero attached hydrogens (tertiary/aromatic N) is 2. The SMILES string of the molecule is CN1/C(=C/C=C/C=C/C=C/C=C/C2=[N+](C)c3ccc4ccccc4c3C2(C)c2ccccc2)C(C)(c2ccccc2)c2c1ccc1ccccc21. The second-order valence-electron chi connectivity index (χ2n) is 13.9. The van der Waals surface area contributed by atoms with Crippen LogP contribution in [0.5, 0.6) is 0 Å². The summed E-state index contributed by atoms with van der Waals surface area (Å²) >= 11 is 0. The van der Waals surface area contributed by atoms with E-state index in [0.717, 1.165) is 0 Å². The lowest BCUT2D eigenvalue weighted by molar-refractivity contribution is -0.401. The van der Waals surface area contributed by atoms with Gasteiger partial charge in [-0.05, 0) is 70.3 Å². The number of hydrogen-bond donors (Lipinski definition) is 0. The highest BCUT2D eigenvalue weighted by atomic mass is 15.2. The Kier molecular flexibility index (Phi) is 8.24. The van der Waals surface area contributed by atoms with E-state index in [1.165, 1.54) is 66.6 Å². The molecule has 2 atom stereocenters. The summed E-state index contributed by atoms with van der Waals surface area (Å²) < 4.78 is 2.36. The van der Waals surface area contributed by atoms with Crippen LogP contribution >= 0.6 is 0 Å². The normalized spacial score (nSPS) is 21.1. The number of rotatable bonds is 7. The molecule has 2 heteroatoms. The zero-order valence-corrected chi connectivity index (χ0v) is 29.8. The van der Waals surface area contributed by atoms with Gasteiger partial charge < -0.3 is 4.90 Å². The van der Waals surface area contributed by atoms with Crippen molar-refractivity contribution in [3.63, 3.8) is 0 Å². The summed E-state index contributed by atoms with van der Waals surface area (Å²) in [6, 6.07) is 48.3. The second kappa shape index (κ2) is 13.0. The molecule has 0 bridgehead atoms. The number of hydrogen-bond acceptors (Lipinski definition) is 1. The van der Waals surface area contributed by atoms with Crippen molar-refractivity contribution in [2.75, 3.05) is 19.0 Å². The second-order valence-corrected chi connectivity index (χ2v) is 13.9. The Morgan fingerprint density at radius 3 is 1.67 bits per heavy atom. The van der Waals surface area contributed by atoms with Crippen molar-refractivity contribution in [1.29, 1.82) is 0 Å². The molecule has 2 unspecified atom stereocenters. The Morgan fingerprint density at radius 1 is 0.510 bits per heavy atom. The predicted molar refractivity (Wildman–Crippen MR) is 218 cm³/mol. The summed E-state index contributed by atoms with van der Waals surface area (Å²) in [6.45, 7) is 4.73. The molecule has 0 N–H and O–H groups in total. The third-order valence-corrected chi connectivity index (χ3v) is 11.2. The molecule has 0 saturated heterocycles. The lowest BCUT2D eigenvalue weighted by Crippen LogP contribution is -2.32. The Hall–Kier alpha value is -5.99. The summed E-state index contributed by atoms with van der Waals surface area (Å²) in [6.07, 6.45) is 19.4. The van der Waals surface area contributed by atoms with Gasteiger partial charge in [0.2, 0.25) is 5.69 Å². The van der Waals surface area contributed by atoms with Gasteiger partial charge in [0, 0.05) is 30.6 Å². The Balaban J connectivity index is 1.05. The molecule has 2 heterocycles. The molecule has 248 valence electrons. The third kappa shape index (κ3) is 5.22. The molecule has 0 saturated carbocycles. The van der Waals surface area contributed by atoms with Crippen LogP contribution in [0.3, 0.4) is 0 Å². The third-order valence-electron chi connectivity index (χ3n) is 11.2. The molecule has 2 aliphatic heterocycles. The van der Waals surface area contributed by atoms with Crippen molar-refractivity contribution >= 4 is 38.6 Å². The highest BCUT2D eigenvalue weighted by Crippen LogP contribution is 2.53.